The van der Waals surface area contributed by atoms with Crippen molar-refractivity contribution in [2.45, 2.75) is 0 Å². The molecule has 0 aliphatic carbocycles. The normalized spacial score (nSPS) is 15.1. The molecule has 24 heavy (non-hydrogen) atoms. The van der Waals surface area contributed by atoms with E-state index in [2.05, 4.69) is 5.10 Å². The Balaban J connectivity index is 1.96. The Morgan fingerprint density at radius 1 is 1.12 bits per heavy atom. The number of carboxylic acids is 1. The standard InChI is InChI=1S/C16H16N4O4/c1-18-8-15(22)20(9-14(18)21)11-5-3-4-10(6-11)13-7-12(16(23)24)17-19(13)2/h3-7H,8-9H2,1-2H3,(H,23,24). The molecular weight excluding hydrogens is 312 g/mol. The first-order valence-corrected chi connectivity index (χ1v) is 7.29. The van der Waals surface area contributed by atoms with Gasteiger partial charge in [-0.3, -0.25) is 14.3 Å². The van der Waals surface area contributed by atoms with Crippen molar-refractivity contribution in [1.82, 2.24) is 14.7 Å². The molecule has 0 unspecified atom stereocenters. The summed E-state index contributed by atoms with van der Waals surface area (Å²) in [6.45, 7) is 0.0302. The van der Waals surface area contributed by atoms with Crippen LogP contribution in [0.2, 0.25) is 0 Å². The Kier molecular flexibility index (Phi) is 3.80. The van der Waals surface area contributed by atoms with Gasteiger partial charge in [-0.1, -0.05) is 12.1 Å². The molecule has 1 N–H and O–H groups in total. The Hall–Kier alpha value is -3.16. The third-order valence-corrected chi connectivity index (χ3v) is 3.95. The first-order valence-electron chi connectivity index (χ1n) is 7.29. The van der Waals surface area contributed by atoms with Gasteiger partial charge in [-0.2, -0.15) is 5.10 Å². The molecule has 1 aromatic carbocycles. The fraction of sp³-hybridized carbons (Fsp3) is 0.250. The molecule has 124 valence electrons. The van der Waals surface area contributed by atoms with E-state index in [0.29, 0.717) is 16.9 Å². The van der Waals surface area contributed by atoms with Crippen LogP contribution < -0.4 is 4.90 Å². The summed E-state index contributed by atoms with van der Waals surface area (Å²) in [5.41, 5.74) is 1.87. The van der Waals surface area contributed by atoms with Crippen LogP contribution in [0.3, 0.4) is 0 Å². The minimum atomic E-state index is -1.10. The van der Waals surface area contributed by atoms with E-state index in [1.807, 2.05) is 0 Å². The molecule has 0 bridgehead atoms. The number of amides is 2. The van der Waals surface area contributed by atoms with Crippen molar-refractivity contribution in [3.8, 4) is 11.3 Å². The number of carbonyl (C=O) groups is 3. The number of hydrogen-bond donors (Lipinski definition) is 1. The highest BCUT2D eigenvalue weighted by molar-refractivity contribution is 6.04. The van der Waals surface area contributed by atoms with Crippen LogP contribution in [0.15, 0.2) is 30.3 Å². The maximum absolute atomic E-state index is 12.2. The summed E-state index contributed by atoms with van der Waals surface area (Å²) in [4.78, 5) is 37.9. The van der Waals surface area contributed by atoms with E-state index in [1.54, 1.807) is 38.4 Å². The lowest BCUT2D eigenvalue weighted by atomic mass is 10.1. The molecule has 1 fully saturated rings. The van der Waals surface area contributed by atoms with Gasteiger partial charge in [0.15, 0.2) is 5.69 Å². The molecule has 2 aromatic rings. The average Bonchev–Trinajstić information content (AvgIpc) is 2.93. The zero-order valence-corrected chi connectivity index (χ0v) is 13.3. The van der Waals surface area contributed by atoms with Gasteiger partial charge in [0.25, 0.3) is 0 Å². The average molecular weight is 328 g/mol. The molecule has 0 spiro atoms. The van der Waals surface area contributed by atoms with Crippen LogP contribution in [-0.2, 0) is 16.6 Å². The Bertz CT molecular complexity index is 842. The van der Waals surface area contributed by atoms with Crippen molar-refractivity contribution in [2.75, 3.05) is 25.0 Å². The number of aromatic carboxylic acids is 1. The predicted octanol–water partition coefficient (Wildman–Crippen LogP) is 0.590. The lowest BCUT2D eigenvalue weighted by Gasteiger charge is -2.31. The summed E-state index contributed by atoms with van der Waals surface area (Å²) < 4.78 is 1.47. The molecule has 2 heterocycles. The Morgan fingerprint density at radius 3 is 2.54 bits per heavy atom. The Morgan fingerprint density at radius 2 is 1.88 bits per heavy atom. The molecule has 1 aliphatic rings. The van der Waals surface area contributed by atoms with Crippen LogP contribution in [0.4, 0.5) is 5.69 Å². The first-order chi connectivity index (χ1) is 11.4. The Labute approximate surface area is 137 Å². The van der Waals surface area contributed by atoms with Crippen molar-refractivity contribution >= 4 is 23.5 Å². The summed E-state index contributed by atoms with van der Waals surface area (Å²) in [7, 11) is 3.25. The minimum absolute atomic E-state index is 0.00938. The number of hydrogen-bond acceptors (Lipinski definition) is 4. The van der Waals surface area contributed by atoms with Gasteiger partial charge < -0.3 is 14.9 Å². The number of carbonyl (C=O) groups excluding carboxylic acids is 2. The fourth-order valence-corrected chi connectivity index (χ4v) is 2.63. The van der Waals surface area contributed by atoms with Crippen LogP contribution >= 0.6 is 0 Å². The van der Waals surface area contributed by atoms with E-state index < -0.39 is 5.97 Å². The van der Waals surface area contributed by atoms with Gasteiger partial charge in [-0.25, -0.2) is 4.79 Å². The van der Waals surface area contributed by atoms with E-state index >= 15 is 0 Å². The molecule has 2 amide bonds. The number of rotatable bonds is 3. The van der Waals surface area contributed by atoms with Crippen LogP contribution in [0.1, 0.15) is 10.5 Å². The van der Waals surface area contributed by atoms with E-state index in [4.69, 9.17) is 5.11 Å². The molecule has 0 radical (unpaired) electrons. The number of aromatic nitrogens is 2. The van der Waals surface area contributed by atoms with Crippen LogP contribution in [0.5, 0.6) is 0 Å². The second-order valence-electron chi connectivity index (χ2n) is 5.62. The largest absolute Gasteiger partial charge is 0.476 e. The van der Waals surface area contributed by atoms with Gasteiger partial charge in [0.05, 0.1) is 12.2 Å². The van der Waals surface area contributed by atoms with Gasteiger partial charge in [0.2, 0.25) is 11.8 Å². The molecule has 1 aliphatic heterocycles. The quantitative estimate of drug-likeness (QED) is 0.890. The maximum atomic E-state index is 12.2. The molecular formula is C16H16N4O4. The third-order valence-electron chi connectivity index (χ3n) is 3.95. The number of carboxylic acid groups (broad SMARTS) is 1. The van der Waals surface area contributed by atoms with Gasteiger partial charge in [-0.05, 0) is 18.2 Å². The molecule has 3 rings (SSSR count). The molecule has 0 atom stereocenters. The van der Waals surface area contributed by atoms with Gasteiger partial charge in [-0.15, -0.1) is 0 Å². The monoisotopic (exact) mass is 328 g/mol. The number of nitrogens with zero attached hydrogens (tertiary/aromatic N) is 4. The zero-order valence-electron chi connectivity index (χ0n) is 13.3. The van der Waals surface area contributed by atoms with Gasteiger partial charge >= 0.3 is 5.97 Å². The van der Waals surface area contributed by atoms with Gasteiger partial charge in [0.1, 0.15) is 6.54 Å². The van der Waals surface area contributed by atoms with Crippen molar-refractivity contribution in [2.24, 2.45) is 7.05 Å². The lowest BCUT2D eigenvalue weighted by Crippen LogP contribution is -2.52. The number of anilines is 1. The smallest absolute Gasteiger partial charge is 0.356 e. The number of benzene rings is 1. The molecule has 0 saturated carbocycles. The predicted molar refractivity (Wildman–Crippen MR) is 85.6 cm³/mol. The molecule has 8 nitrogen and oxygen atoms in total. The first kappa shape index (κ1) is 15.7. The van der Waals surface area contributed by atoms with Crippen molar-refractivity contribution < 1.29 is 19.5 Å². The van der Waals surface area contributed by atoms with Crippen LogP contribution in [0, 0.1) is 0 Å². The highest BCUT2D eigenvalue weighted by atomic mass is 16.4. The van der Waals surface area contributed by atoms with Crippen molar-refractivity contribution in [3.05, 3.63) is 36.0 Å². The van der Waals surface area contributed by atoms with E-state index in [9.17, 15) is 14.4 Å². The summed E-state index contributed by atoms with van der Waals surface area (Å²) in [5.74, 6) is -1.40. The molecule has 1 aromatic heterocycles. The van der Waals surface area contributed by atoms with Crippen LogP contribution in [-0.4, -0.2) is 57.7 Å². The topological polar surface area (TPSA) is 95.7 Å². The molecule has 1 saturated heterocycles. The van der Waals surface area contributed by atoms with Crippen LogP contribution in [0.25, 0.3) is 11.3 Å². The van der Waals surface area contributed by atoms with E-state index in [1.165, 1.54) is 20.5 Å². The van der Waals surface area contributed by atoms with Crippen molar-refractivity contribution in [1.29, 1.82) is 0 Å². The number of aryl methyl sites for hydroxylation is 1. The maximum Gasteiger partial charge on any atom is 0.356 e. The second kappa shape index (κ2) is 5.80. The SMILES string of the molecule is CN1CC(=O)N(c2cccc(-c3cc(C(=O)O)nn3C)c2)CC1=O. The van der Waals surface area contributed by atoms with E-state index in [0.717, 1.165) is 0 Å². The summed E-state index contributed by atoms with van der Waals surface area (Å²) in [5, 5.41) is 13.0. The number of piperazine rings is 1. The summed E-state index contributed by atoms with van der Waals surface area (Å²) in [6, 6.07) is 8.52. The summed E-state index contributed by atoms with van der Waals surface area (Å²) >= 11 is 0. The van der Waals surface area contributed by atoms with Gasteiger partial charge in [0, 0.05) is 25.3 Å². The molecule has 8 heteroatoms. The van der Waals surface area contributed by atoms with Crippen molar-refractivity contribution in [3.63, 3.8) is 0 Å². The lowest BCUT2D eigenvalue weighted by molar-refractivity contribution is -0.136. The second-order valence-corrected chi connectivity index (χ2v) is 5.62. The number of likely N-dealkylation sites (N-methyl/N-ethyl adjacent to an activating group) is 1. The highest BCUT2D eigenvalue weighted by Gasteiger charge is 2.28. The summed E-state index contributed by atoms with van der Waals surface area (Å²) in [6.07, 6.45) is 0. The highest BCUT2D eigenvalue weighted by Crippen LogP contribution is 2.26. The zero-order chi connectivity index (χ0) is 17.4. The van der Waals surface area contributed by atoms with E-state index in [-0.39, 0.29) is 30.6 Å². The third kappa shape index (κ3) is 2.73. The fourth-order valence-electron chi connectivity index (χ4n) is 2.63. The minimum Gasteiger partial charge on any atom is -0.476 e.